The largest absolute Gasteiger partial charge is 0.367 e. The Labute approximate surface area is 202 Å². The molecule has 1 aliphatic rings. The quantitative estimate of drug-likeness (QED) is 0.444. The van der Waals surface area contributed by atoms with Crippen LogP contribution in [0.2, 0.25) is 0 Å². The smallest absolute Gasteiger partial charge is 0.254 e. The molecule has 0 aliphatic carbocycles. The lowest BCUT2D eigenvalue weighted by Crippen LogP contribution is -2.46. The molecule has 0 spiro atoms. The molecule has 3 aromatic carbocycles. The van der Waals surface area contributed by atoms with Gasteiger partial charge in [-0.05, 0) is 48.2 Å². The van der Waals surface area contributed by atoms with Crippen LogP contribution in [0.25, 0.3) is 21.9 Å². The van der Waals surface area contributed by atoms with Crippen LogP contribution in [0.1, 0.15) is 29.3 Å². The number of carbonyl (C=O) groups is 1. The monoisotopic (exact) mass is 486 g/mol. The summed E-state index contributed by atoms with van der Waals surface area (Å²) in [5, 5.41) is 14.5. The summed E-state index contributed by atoms with van der Waals surface area (Å²) in [4.78, 5) is 22.7. The van der Waals surface area contributed by atoms with E-state index in [0.29, 0.717) is 23.1 Å². The Kier molecular flexibility index (Phi) is 5.58. The first-order valence-corrected chi connectivity index (χ1v) is 12.4. The number of fused-ring (bicyclic) bond motifs is 1. The Hall–Kier alpha value is -4.08. The third kappa shape index (κ3) is 4.64. The number of amides is 1. The van der Waals surface area contributed by atoms with Crippen LogP contribution in [0.3, 0.4) is 0 Å². The van der Waals surface area contributed by atoms with Crippen molar-refractivity contribution >= 4 is 32.4 Å². The van der Waals surface area contributed by atoms with E-state index in [9.17, 15) is 13.2 Å². The lowest BCUT2D eigenvalue weighted by atomic mass is 9.99. The molecule has 3 N–H and O–H groups in total. The van der Waals surface area contributed by atoms with Crippen LogP contribution in [0.5, 0.6) is 0 Å². The summed E-state index contributed by atoms with van der Waals surface area (Å²) in [6.07, 6.45) is 3.93. The molecule has 1 aromatic heterocycles. The lowest BCUT2D eigenvalue weighted by Gasteiger charge is -2.23. The van der Waals surface area contributed by atoms with Gasteiger partial charge < -0.3 is 10.2 Å². The molecule has 1 atom stereocenters. The van der Waals surface area contributed by atoms with E-state index >= 15 is 0 Å². The van der Waals surface area contributed by atoms with Gasteiger partial charge in [0.15, 0.2) is 0 Å². The third-order valence-corrected chi connectivity index (χ3v) is 6.83. The number of rotatable bonds is 5. The van der Waals surface area contributed by atoms with Crippen LogP contribution in [0, 0.1) is 0 Å². The molecule has 4 aromatic rings. The van der Waals surface area contributed by atoms with Gasteiger partial charge in [0.05, 0.1) is 17.0 Å². The van der Waals surface area contributed by atoms with Gasteiger partial charge in [-0.2, -0.15) is 0 Å². The zero-order valence-electron chi connectivity index (χ0n) is 18.8. The molecule has 0 bridgehead atoms. The molecule has 1 amide bonds. The fraction of sp³-hybridized carbons (Fsp3) is 0.115. The Bertz CT molecular complexity index is 1580. The first kappa shape index (κ1) is 22.7. The topological polar surface area (TPSA) is 124 Å². The number of nitrogens with two attached hydrogens (primary N) is 1. The van der Waals surface area contributed by atoms with Gasteiger partial charge in [0.2, 0.25) is 15.7 Å². The summed E-state index contributed by atoms with van der Waals surface area (Å²) in [5.41, 5.74) is 2.13. The number of hydrogen-bond donors (Lipinski definition) is 2. The maximum absolute atomic E-state index is 12.9. The highest BCUT2D eigenvalue weighted by Crippen LogP contribution is 2.28. The number of hydrogen-bond acceptors (Lipinski definition) is 6. The molecule has 1 unspecified atom stereocenters. The number of sulfonamides is 1. The maximum atomic E-state index is 12.9. The van der Waals surface area contributed by atoms with Crippen LogP contribution in [-0.4, -0.2) is 30.7 Å². The number of oxime groups is 1. The highest BCUT2D eigenvalue weighted by molar-refractivity contribution is 7.89. The zero-order valence-corrected chi connectivity index (χ0v) is 19.6. The highest BCUT2D eigenvalue weighted by Gasteiger charge is 2.36. The Morgan fingerprint density at radius 1 is 1.00 bits per heavy atom. The number of nitrogens with zero attached hydrogens (tertiary/aromatic N) is 2. The fourth-order valence-corrected chi connectivity index (χ4v) is 4.85. The number of aromatic nitrogens is 1. The molecule has 9 heteroatoms. The zero-order chi connectivity index (χ0) is 24.6. The maximum Gasteiger partial charge on any atom is 0.254 e. The number of carbonyl (C=O) groups excluding carboxylic acids is 1. The molecule has 8 nitrogen and oxygen atoms in total. The number of benzene rings is 3. The van der Waals surface area contributed by atoms with Crippen molar-refractivity contribution in [1.82, 2.24) is 10.3 Å². The van der Waals surface area contributed by atoms with Crippen molar-refractivity contribution in [3.05, 3.63) is 96.3 Å². The predicted molar refractivity (Wildman–Crippen MR) is 133 cm³/mol. The number of nitrogens with one attached hydrogen (secondary N) is 1. The first-order valence-electron chi connectivity index (χ1n) is 10.9. The van der Waals surface area contributed by atoms with E-state index in [-0.39, 0.29) is 10.8 Å². The van der Waals surface area contributed by atoms with E-state index in [1.165, 1.54) is 6.07 Å². The molecule has 2 heterocycles. The summed E-state index contributed by atoms with van der Waals surface area (Å²) in [6, 6.07) is 21.0. The average molecular weight is 487 g/mol. The van der Waals surface area contributed by atoms with Crippen LogP contribution >= 0.6 is 0 Å². The van der Waals surface area contributed by atoms with Crippen LogP contribution < -0.4 is 10.5 Å². The van der Waals surface area contributed by atoms with Crippen LogP contribution in [0.4, 0.5) is 0 Å². The van der Waals surface area contributed by atoms with Crippen molar-refractivity contribution in [2.45, 2.75) is 24.0 Å². The summed E-state index contributed by atoms with van der Waals surface area (Å²) in [5.74, 6) is -0.335. The summed E-state index contributed by atoms with van der Waals surface area (Å²) in [7, 11) is -3.88. The molecule has 0 saturated carbocycles. The van der Waals surface area contributed by atoms with Crippen molar-refractivity contribution in [2.75, 3.05) is 0 Å². The summed E-state index contributed by atoms with van der Waals surface area (Å²) >= 11 is 0. The van der Waals surface area contributed by atoms with Gasteiger partial charge in [-0.3, -0.25) is 9.78 Å². The standard InChI is InChI=1S/C26H22N4O4S/c1-26(15-23(30-34-26)20-11-6-17-12-13-28-16-21(17)14-20)29-25(31)19-9-7-18(8-10-19)22-4-2-3-5-24(22)35(27,32)33/h2-14,16H,15H2,1H3,(H,29,31)(H2,27,32,33). The molecule has 0 radical (unpaired) electrons. The molecule has 0 fully saturated rings. The van der Waals surface area contributed by atoms with Crippen molar-refractivity contribution in [2.24, 2.45) is 10.3 Å². The van der Waals surface area contributed by atoms with Gasteiger partial charge in [0, 0.05) is 34.5 Å². The molecule has 5 rings (SSSR count). The van der Waals surface area contributed by atoms with E-state index in [1.807, 2.05) is 24.3 Å². The molecule has 35 heavy (non-hydrogen) atoms. The Morgan fingerprint density at radius 2 is 1.74 bits per heavy atom. The highest BCUT2D eigenvalue weighted by atomic mass is 32.2. The first-order chi connectivity index (χ1) is 16.7. The normalized spacial score (nSPS) is 17.6. The van der Waals surface area contributed by atoms with Crippen molar-refractivity contribution in [1.29, 1.82) is 0 Å². The van der Waals surface area contributed by atoms with Crippen LogP contribution in [-0.2, 0) is 14.9 Å². The summed E-state index contributed by atoms with van der Waals surface area (Å²) in [6.45, 7) is 1.76. The van der Waals surface area contributed by atoms with Gasteiger partial charge in [-0.1, -0.05) is 47.6 Å². The van der Waals surface area contributed by atoms with Gasteiger partial charge in [-0.25, -0.2) is 13.6 Å². The second-order valence-electron chi connectivity index (χ2n) is 8.55. The molecule has 176 valence electrons. The molecule has 0 saturated heterocycles. The van der Waals surface area contributed by atoms with E-state index in [4.69, 9.17) is 9.98 Å². The average Bonchev–Trinajstić information content (AvgIpc) is 3.24. The van der Waals surface area contributed by atoms with Crippen LogP contribution in [0.15, 0.2) is 95.2 Å². The summed E-state index contributed by atoms with van der Waals surface area (Å²) < 4.78 is 23.8. The second kappa shape index (κ2) is 8.61. The van der Waals surface area contributed by atoms with Crippen molar-refractivity contribution in [3.63, 3.8) is 0 Å². The second-order valence-corrected chi connectivity index (χ2v) is 10.1. The lowest BCUT2D eigenvalue weighted by molar-refractivity contribution is -0.0252. The minimum Gasteiger partial charge on any atom is -0.367 e. The Balaban J connectivity index is 1.30. The van der Waals surface area contributed by atoms with Crippen molar-refractivity contribution < 1.29 is 18.0 Å². The van der Waals surface area contributed by atoms with Gasteiger partial charge in [-0.15, -0.1) is 0 Å². The number of pyridine rings is 1. The molecular formula is C26H22N4O4S. The third-order valence-electron chi connectivity index (χ3n) is 5.87. The van der Waals surface area contributed by atoms with E-state index in [2.05, 4.69) is 15.5 Å². The fourth-order valence-electron chi connectivity index (χ4n) is 4.09. The molecular weight excluding hydrogens is 464 g/mol. The predicted octanol–water partition coefficient (Wildman–Crippen LogP) is 3.82. The van der Waals surface area contributed by atoms with Crippen molar-refractivity contribution in [3.8, 4) is 11.1 Å². The van der Waals surface area contributed by atoms with E-state index < -0.39 is 15.7 Å². The SMILES string of the molecule is CC1(NC(=O)c2ccc(-c3ccccc3S(N)(=O)=O)cc2)CC(c2ccc3ccncc3c2)=NO1. The molecule has 1 aliphatic heterocycles. The van der Waals surface area contributed by atoms with E-state index in [1.54, 1.807) is 61.8 Å². The van der Waals surface area contributed by atoms with Gasteiger partial charge in [0.25, 0.3) is 5.91 Å². The number of primary sulfonamides is 1. The minimum atomic E-state index is -3.88. The minimum absolute atomic E-state index is 0.0261. The van der Waals surface area contributed by atoms with E-state index in [0.717, 1.165) is 22.0 Å². The van der Waals surface area contributed by atoms with Gasteiger partial charge in [0.1, 0.15) is 0 Å². The Morgan fingerprint density at radius 3 is 2.51 bits per heavy atom. The van der Waals surface area contributed by atoms with Gasteiger partial charge >= 0.3 is 0 Å².